The highest BCUT2D eigenvalue weighted by atomic mass is 19.2. The number of rotatable bonds is 4. The molecule has 0 saturated heterocycles. The van der Waals surface area contributed by atoms with E-state index < -0.39 is 11.6 Å². The molecule has 0 spiro atoms. The Morgan fingerprint density at radius 1 is 1.24 bits per heavy atom. The fourth-order valence-electron chi connectivity index (χ4n) is 1.46. The summed E-state index contributed by atoms with van der Waals surface area (Å²) in [6.07, 6.45) is 2.91. The van der Waals surface area contributed by atoms with Gasteiger partial charge in [-0.25, -0.2) is 13.8 Å². The van der Waals surface area contributed by atoms with Crippen LogP contribution in [0.15, 0.2) is 28.8 Å². The van der Waals surface area contributed by atoms with Crippen molar-refractivity contribution in [1.29, 1.82) is 0 Å². The Hall–Kier alpha value is -1.75. The highest BCUT2D eigenvalue weighted by Crippen LogP contribution is 2.22. The first-order valence-electron chi connectivity index (χ1n) is 5.31. The minimum Gasteiger partial charge on any atom is -0.441 e. The number of aryl methyl sites for hydroxylation is 1. The van der Waals surface area contributed by atoms with Crippen LogP contribution in [0.4, 0.5) is 8.78 Å². The van der Waals surface area contributed by atoms with Gasteiger partial charge in [0.25, 0.3) is 0 Å². The molecule has 0 aliphatic heterocycles. The summed E-state index contributed by atoms with van der Waals surface area (Å²) in [5.41, 5.74) is 5.84. The molecule has 1 heterocycles. The van der Waals surface area contributed by atoms with E-state index in [-0.39, 0.29) is 0 Å². The first-order valence-corrected chi connectivity index (χ1v) is 5.31. The van der Waals surface area contributed by atoms with E-state index >= 15 is 0 Å². The van der Waals surface area contributed by atoms with Crippen LogP contribution >= 0.6 is 0 Å². The zero-order valence-corrected chi connectivity index (χ0v) is 9.12. The van der Waals surface area contributed by atoms with Crippen molar-refractivity contribution in [2.75, 3.05) is 6.54 Å². The van der Waals surface area contributed by atoms with Gasteiger partial charge in [0.1, 0.15) is 0 Å². The summed E-state index contributed by atoms with van der Waals surface area (Å²) in [5, 5.41) is 0. The van der Waals surface area contributed by atoms with Gasteiger partial charge >= 0.3 is 0 Å². The first kappa shape index (κ1) is 11.7. The van der Waals surface area contributed by atoms with E-state index in [9.17, 15) is 8.78 Å². The predicted molar refractivity (Wildman–Crippen MR) is 59.2 cm³/mol. The molecule has 0 bridgehead atoms. The van der Waals surface area contributed by atoms with Crippen molar-refractivity contribution in [3.05, 3.63) is 41.9 Å². The van der Waals surface area contributed by atoms with E-state index in [0.29, 0.717) is 30.2 Å². The van der Waals surface area contributed by atoms with Crippen molar-refractivity contribution in [1.82, 2.24) is 4.98 Å². The SMILES string of the molecule is NCCCc1ncc(-c2ccc(F)c(F)c2)o1. The van der Waals surface area contributed by atoms with Gasteiger partial charge < -0.3 is 10.2 Å². The first-order chi connectivity index (χ1) is 8.20. The van der Waals surface area contributed by atoms with Gasteiger partial charge in [-0.15, -0.1) is 0 Å². The average molecular weight is 238 g/mol. The molecule has 5 heteroatoms. The summed E-state index contributed by atoms with van der Waals surface area (Å²) in [7, 11) is 0. The molecule has 0 saturated carbocycles. The lowest BCUT2D eigenvalue weighted by molar-refractivity contribution is 0.495. The summed E-state index contributed by atoms with van der Waals surface area (Å²) < 4.78 is 31.2. The number of aromatic nitrogens is 1. The second-order valence-electron chi connectivity index (χ2n) is 3.64. The molecule has 0 aliphatic carbocycles. The van der Waals surface area contributed by atoms with E-state index in [1.54, 1.807) is 0 Å². The molecule has 0 aliphatic rings. The summed E-state index contributed by atoms with van der Waals surface area (Å²) >= 11 is 0. The normalized spacial score (nSPS) is 10.8. The van der Waals surface area contributed by atoms with Gasteiger partial charge in [0.05, 0.1) is 6.20 Å². The summed E-state index contributed by atoms with van der Waals surface area (Å²) in [6.45, 7) is 0.558. The highest BCUT2D eigenvalue weighted by Gasteiger charge is 2.09. The van der Waals surface area contributed by atoms with Gasteiger partial charge in [-0.05, 0) is 31.2 Å². The van der Waals surface area contributed by atoms with Gasteiger partial charge in [-0.1, -0.05) is 0 Å². The third kappa shape index (κ3) is 2.68. The third-order valence-electron chi connectivity index (χ3n) is 2.35. The van der Waals surface area contributed by atoms with Crippen LogP contribution in [0.2, 0.25) is 0 Å². The van der Waals surface area contributed by atoms with Gasteiger partial charge in [-0.3, -0.25) is 0 Å². The fourth-order valence-corrected chi connectivity index (χ4v) is 1.46. The monoisotopic (exact) mass is 238 g/mol. The Bertz CT molecular complexity index is 511. The molecule has 2 N–H and O–H groups in total. The summed E-state index contributed by atoms with van der Waals surface area (Å²) in [6, 6.07) is 3.60. The molecule has 3 nitrogen and oxygen atoms in total. The number of halogens is 2. The Morgan fingerprint density at radius 3 is 2.76 bits per heavy atom. The number of nitrogens with two attached hydrogens (primary N) is 1. The van der Waals surface area contributed by atoms with E-state index in [0.717, 1.165) is 18.6 Å². The molecule has 2 aromatic rings. The van der Waals surface area contributed by atoms with Crippen molar-refractivity contribution >= 4 is 0 Å². The lowest BCUT2D eigenvalue weighted by Gasteiger charge is -1.97. The van der Waals surface area contributed by atoms with Crippen LogP contribution in [-0.2, 0) is 6.42 Å². The van der Waals surface area contributed by atoms with Crippen molar-refractivity contribution < 1.29 is 13.2 Å². The molecule has 1 aromatic heterocycles. The smallest absolute Gasteiger partial charge is 0.194 e. The van der Waals surface area contributed by atoms with E-state index in [4.69, 9.17) is 10.2 Å². The molecule has 0 atom stereocenters. The van der Waals surface area contributed by atoms with Crippen LogP contribution < -0.4 is 5.73 Å². The van der Waals surface area contributed by atoms with Gasteiger partial charge in [-0.2, -0.15) is 0 Å². The molecule has 90 valence electrons. The van der Waals surface area contributed by atoms with Gasteiger partial charge in [0.2, 0.25) is 0 Å². The fraction of sp³-hybridized carbons (Fsp3) is 0.250. The zero-order valence-electron chi connectivity index (χ0n) is 9.12. The minimum atomic E-state index is -0.901. The lowest BCUT2D eigenvalue weighted by Crippen LogP contribution is -2.00. The van der Waals surface area contributed by atoms with E-state index in [2.05, 4.69) is 4.98 Å². The molecule has 0 amide bonds. The Balaban J connectivity index is 2.21. The second-order valence-corrected chi connectivity index (χ2v) is 3.64. The molecule has 17 heavy (non-hydrogen) atoms. The summed E-state index contributed by atoms with van der Waals surface area (Å²) in [4.78, 5) is 4.04. The molecular weight excluding hydrogens is 226 g/mol. The Kier molecular flexibility index (Phi) is 3.49. The maximum atomic E-state index is 13.0. The maximum Gasteiger partial charge on any atom is 0.194 e. The molecule has 0 unspecified atom stereocenters. The molecule has 0 fully saturated rings. The van der Waals surface area contributed by atoms with Crippen LogP contribution in [0.3, 0.4) is 0 Å². The summed E-state index contributed by atoms with van der Waals surface area (Å²) in [5.74, 6) is -0.801. The number of hydrogen-bond donors (Lipinski definition) is 1. The van der Waals surface area contributed by atoms with Crippen molar-refractivity contribution in [2.45, 2.75) is 12.8 Å². The number of oxazole rings is 1. The molecule has 1 aromatic carbocycles. The van der Waals surface area contributed by atoms with Crippen LogP contribution in [0.25, 0.3) is 11.3 Å². The third-order valence-corrected chi connectivity index (χ3v) is 2.35. The van der Waals surface area contributed by atoms with Crippen molar-refractivity contribution in [3.63, 3.8) is 0 Å². The maximum absolute atomic E-state index is 13.0. The predicted octanol–water partition coefficient (Wildman–Crippen LogP) is 2.51. The lowest BCUT2D eigenvalue weighted by atomic mass is 10.2. The van der Waals surface area contributed by atoms with E-state index in [1.807, 2.05) is 0 Å². The topological polar surface area (TPSA) is 52.0 Å². The van der Waals surface area contributed by atoms with Crippen LogP contribution in [-0.4, -0.2) is 11.5 Å². The molecular formula is C12H12F2N2O. The van der Waals surface area contributed by atoms with Crippen LogP contribution in [0, 0.1) is 11.6 Å². The standard InChI is InChI=1S/C12H12F2N2O/c13-9-4-3-8(6-10(9)14)11-7-16-12(17-11)2-1-5-15/h3-4,6-7H,1-2,5,15H2. The quantitative estimate of drug-likeness (QED) is 0.890. The van der Waals surface area contributed by atoms with Crippen LogP contribution in [0.5, 0.6) is 0 Å². The van der Waals surface area contributed by atoms with Gasteiger partial charge in [0, 0.05) is 12.0 Å². The average Bonchev–Trinajstić information content (AvgIpc) is 2.79. The number of hydrogen-bond acceptors (Lipinski definition) is 3. The zero-order chi connectivity index (χ0) is 12.3. The molecule has 2 rings (SSSR count). The van der Waals surface area contributed by atoms with Gasteiger partial charge in [0.15, 0.2) is 23.3 Å². The van der Waals surface area contributed by atoms with Crippen molar-refractivity contribution in [2.24, 2.45) is 5.73 Å². The number of nitrogens with zero attached hydrogens (tertiary/aromatic N) is 1. The Labute approximate surface area is 97.3 Å². The minimum absolute atomic E-state index is 0.427. The second kappa shape index (κ2) is 5.05. The number of benzene rings is 1. The van der Waals surface area contributed by atoms with Crippen molar-refractivity contribution in [3.8, 4) is 11.3 Å². The van der Waals surface area contributed by atoms with Crippen LogP contribution in [0.1, 0.15) is 12.3 Å². The Morgan fingerprint density at radius 2 is 2.06 bits per heavy atom. The van der Waals surface area contributed by atoms with E-state index in [1.165, 1.54) is 12.3 Å². The largest absolute Gasteiger partial charge is 0.441 e. The highest BCUT2D eigenvalue weighted by molar-refractivity contribution is 5.56. The molecule has 0 radical (unpaired) electrons.